The van der Waals surface area contributed by atoms with E-state index >= 15 is 0 Å². The average Bonchev–Trinajstić information content (AvgIpc) is 2.59. The van der Waals surface area contributed by atoms with E-state index in [0.29, 0.717) is 18.2 Å². The van der Waals surface area contributed by atoms with Crippen molar-refractivity contribution in [1.29, 1.82) is 0 Å². The summed E-state index contributed by atoms with van der Waals surface area (Å²) in [5, 5.41) is 0.945. The number of methoxy groups -OCH3 is 1. The van der Waals surface area contributed by atoms with Crippen LogP contribution < -0.4 is 15.4 Å². The molecule has 5 nitrogen and oxygen atoms in total. The first kappa shape index (κ1) is 14.1. The first-order valence-corrected chi connectivity index (χ1v) is 6.38. The number of aromatic nitrogens is 1. The van der Waals surface area contributed by atoms with E-state index in [-0.39, 0.29) is 12.1 Å². The van der Waals surface area contributed by atoms with Gasteiger partial charge in [0.05, 0.1) is 18.8 Å². The van der Waals surface area contributed by atoms with Crippen LogP contribution in [0.5, 0.6) is 5.75 Å². The van der Waals surface area contributed by atoms with Gasteiger partial charge in [-0.25, -0.2) is 0 Å². The molecule has 1 aromatic heterocycles. The maximum Gasteiger partial charge on any atom is 0.198 e. The first-order chi connectivity index (χ1) is 7.97. The molecule has 6 heteroatoms. The van der Waals surface area contributed by atoms with E-state index in [2.05, 4.69) is 16.2 Å². The summed E-state index contributed by atoms with van der Waals surface area (Å²) in [5.41, 5.74) is 5.82. The number of ether oxygens (including phenoxy) is 2. The lowest BCUT2D eigenvalue weighted by atomic mass is 10.3. The van der Waals surface area contributed by atoms with Crippen molar-refractivity contribution in [2.45, 2.75) is 32.9 Å². The fraction of sp³-hybridized carbons (Fsp3) is 0.727. The van der Waals surface area contributed by atoms with Gasteiger partial charge in [-0.2, -0.15) is 4.37 Å². The Morgan fingerprint density at radius 1 is 1.41 bits per heavy atom. The summed E-state index contributed by atoms with van der Waals surface area (Å²) in [6.07, 6.45) is 0.0820. The van der Waals surface area contributed by atoms with Crippen LogP contribution in [0.3, 0.4) is 0 Å². The normalized spacial score (nSPS) is 12.8. The second-order valence-electron chi connectivity index (χ2n) is 4.28. The minimum absolute atomic E-state index is 0.0820. The lowest BCUT2D eigenvalue weighted by Gasteiger charge is -2.25. The van der Waals surface area contributed by atoms with Crippen molar-refractivity contribution < 1.29 is 9.47 Å². The second kappa shape index (κ2) is 6.07. The molecule has 0 amide bonds. The Morgan fingerprint density at radius 3 is 2.59 bits per heavy atom. The van der Waals surface area contributed by atoms with Crippen molar-refractivity contribution in [3.8, 4) is 5.75 Å². The predicted molar refractivity (Wildman–Crippen MR) is 72.0 cm³/mol. The Balaban J connectivity index is 2.89. The van der Waals surface area contributed by atoms with Crippen LogP contribution in [-0.2, 0) is 4.74 Å². The molecule has 0 spiro atoms. The molecule has 2 N–H and O–H groups in total. The summed E-state index contributed by atoms with van der Waals surface area (Å²) in [7, 11) is 3.68. The summed E-state index contributed by atoms with van der Waals surface area (Å²) in [5.74, 6) is 1.13. The quantitative estimate of drug-likeness (QED) is 0.846. The standard InChI is InChI=1S/C11H21N3O2S/c1-7(2)16-9-10(12)13-17-11(9)14(4)8(3)6-15-5/h7-8H,6H2,1-5H3,(H2,12,13). The number of rotatable bonds is 6. The van der Waals surface area contributed by atoms with Gasteiger partial charge in [0, 0.05) is 14.2 Å². The molecule has 0 aliphatic rings. The topological polar surface area (TPSA) is 60.6 Å². The summed E-state index contributed by atoms with van der Waals surface area (Å²) in [4.78, 5) is 2.08. The van der Waals surface area contributed by atoms with E-state index in [1.165, 1.54) is 11.5 Å². The molecule has 17 heavy (non-hydrogen) atoms. The Morgan fingerprint density at radius 2 is 2.06 bits per heavy atom. The molecule has 1 rings (SSSR count). The molecule has 0 aromatic carbocycles. The summed E-state index contributed by atoms with van der Waals surface area (Å²) < 4.78 is 15.0. The van der Waals surface area contributed by atoms with Gasteiger partial charge in [-0.1, -0.05) is 0 Å². The van der Waals surface area contributed by atoms with Crippen LogP contribution in [0.4, 0.5) is 10.8 Å². The van der Waals surface area contributed by atoms with Crippen molar-refractivity contribution in [1.82, 2.24) is 4.37 Å². The van der Waals surface area contributed by atoms with Gasteiger partial charge < -0.3 is 20.1 Å². The van der Waals surface area contributed by atoms with E-state index in [1.54, 1.807) is 7.11 Å². The molecular formula is C11H21N3O2S. The summed E-state index contributed by atoms with van der Waals surface area (Å²) in [6.45, 7) is 6.67. The third kappa shape index (κ3) is 3.47. The third-order valence-corrected chi connectivity index (χ3v) is 3.33. The van der Waals surface area contributed by atoms with Crippen LogP contribution in [0.25, 0.3) is 0 Å². The molecule has 0 aliphatic heterocycles. The monoisotopic (exact) mass is 259 g/mol. The van der Waals surface area contributed by atoms with E-state index in [0.717, 1.165) is 5.00 Å². The first-order valence-electron chi connectivity index (χ1n) is 5.61. The maximum absolute atomic E-state index is 5.82. The largest absolute Gasteiger partial charge is 0.484 e. The number of hydrogen-bond acceptors (Lipinski definition) is 6. The molecule has 0 saturated carbocycles. The highest BCUT2D eigenvalue weighted by molar-refractivity contribution is 7.11. The molecule has 0 fully saturated rings. The third-order valence-electron chi connectivity index (χ3n) is 2.40. The van der Waals surface area contributed by atoms with Gasteiger partial charge in [-0.15, -0.1) is 0 Å². The minimum atomic E-state index is 0.0820. The Kier molecular flexibility index (Phi) is 5.02. The van der Waals surface area contributed by atoms with E-state index < -0.39 is 0 Å². The van der Waals surface area contributed by atoms with E-state index in [1.807, 2.05) is 20.9 Å². The highest BCUT2D eigenvalue weighted by atomic mass is 32.1. The van der Waals surface area contributed by atoms with Gasteiger partial charge in [-0.3, -0.25) is 0 Å². The van der Waals surface area contributed by atoms with Crippen LogP contribution in [0.15, 0.2) is 0 Å². The van der Waals surface area contributed by atoms with E-state index in [9.17, 15) is 0 Å². The zero-order chi connectivity index (χ0) is 13.0. The Labute approximate surface area is 107 Å². The maximum atomic E-state index is 5.82. The number of nitrogens with two attached hydrogens (primary N) is 1. The molecule has 1 unspecified atom stereocenters. The van der Waals surface area contributed by atoms with Gasteiger partial charge in [0.1, 0.15) is 0 Å². The zero-order valence-corrected chi connectivity index (χ0v) is 11.9. The van der Waals surface area contributed by atoms with Crippen molar-refractivity contribution >= 4 is 22.4 Å². The molecule has 1 atom stereocenters. The molecule has 1 heterocycles. The summed E-state index contributed by atoms with van der Waals surface area (Å²) >= 11 is 1.35. The Hall–Kier alpha value is -1.01. The molecule has 0 radical (unpaired) electrons. The number of hydrogen-bond donors (Lipinski definition) is 1. The van der Waals surface area contributed by atoms with Crippen LogP contribution in [0, 0.1) is 0 Å². The van der Waals surface area contributed by atoms with E-state index in [4.69, 9.17) is 15.2 Å². The number of nitrogen functional groups attached to an aromatic ring is 1. The molecule has 0 aliphatic carbocycles. The average molecular weight is 259 g/mol. The number of nitrogens with zero attached hydrogens (tertiary/aromatic N) is 2. The number of anilines is 2. The second-order valence-corrected chi connectivity index (χ2v) is 5.04. The van der Waals surface area contributed by atoms with Crippen molar-refractivity contribution in [3.05, 3.63) is 0 Å². The molecule has 0 bridgehead atoms. The highest BCUT2D eigenvalue weighted by Crippen LogP contribution is 2.39. The molecule has 98 valence electrons. The smallest absolute Gasteiger partial charge is 0.198 e. The molecule has 1 aromatic rings. The Bertz CT molecular complexity index is 354. The van der Waals surface area contributed by atoms with Crippen molar-refractivity contribution in [2.24, 2.45) is 0 Å². The van der Waals surface area contributed by atoms with Crippen LogP contribution >= 0.6 is 11.5 Å². The highest BCUT2D eigenvalue weighted by Gasteiger charge is 2.21. The van der Waals surface area contributed by atoms with Crippen LogP contribution in [0.1, 0.15) is 20.8 Å². The lowest BCUT2D eigenvalue weighted by molar-refractivity contribution is 0.183. The zero-order valence-electron chi connectivity index (χ0n) is 11.1. The van der Waals surface area contributed by atoms with Crippen molar-refractivity contribution in [3.63, 3.8) is 0 Å². The van der Waals surface area contributed by atoms with Gasteiger partial charge in [0.15, 0.2) is 16.6 Å². The lowest BCUT2D eigenvalue weighted by Crippen LogP contribution is -2.32. The number of likely N-dealkylation sites (N-methyl/N-ethyl adjacent to an activating group) is 1. The molecule has 0 saturated heterocycles. The van der Waals surface area contributed by atoms with Crippen LogP contribution in [0.2, 0.25) is 0 Å². The molecular weight excluding hydrogens is 238 g/mol. The summed E-state index contributed by atoms with van der Waals surface area (Å²) in [6, 6.07) is 0.245. The van der Waals surface area contributed by atoms with Crippen LogP contribution in [-0.4, -0.2) is 37.3 Å². The van der Waals surface area contributed by atoms with Gasteiger partial charge in [-0.05, 0) is 32.3 Å². The van der Waals surface area contributed by atoms with Gasteiger partial charge in [0.2, 0.25) is 0 Å². The minimum Gasteiger partial charge on any atom is -0.484 e. The predicted octanol–water partition coefficient (Wildman–Crippen LogP) is 1.98. The fourth-order valence-corrected chi connectivity index (χ4v) is 2.22. The van der Waals surface area contributed by atoms with Gasteiger partial charge in [0.25, 0.3) is 0 Å². The van der Waals surface area contributed by atoms with Gasteiger partial charge >= 0.3 is 0 Å². The van der Waals surface area contributed by atoms with Crippen molar-refractivity contribution in [2.75, 3.05) is 31.4 Å². The fourth-order valence-electron chi connectivity index (χ4n) is 1.41. The SMILES string of the molecule is COCC(C)N(C)c1snc(N)c1OC(C)C.